The summed E-state index contributed by atoms with van der Waals surface area (Å²) in [6.45, 7) is 8.77. The van der Waals surface area contributed by atoms with Crippen LogP contribution in [0.25, 0.3) is 0 Å². The molecule has 1 aliphatic rings. The smallest absolute Gasteiger partial charge is 0.127 e. The number of ether oxygens (including phenoxy) is 1. The maximum absolute atomic E-state index is 13.5. The van der Waals surface area contributed by atoms with E-state index in [2.05, 4.69) is 27.7 Å². The summed E-state index contributed by atoms with van der Waals surface area (Å²) < 4.78 is 19.8. The van der Waals surface area contributed by atoms with E-state index in [1.165, 1.54) is 12.1 Å². The molecule has 1 aromatic carbocycles. The Morgan fingerprint density at radius 1 is 1.25 bits per heavy atom. The fourth-order valence-corrected chi connectivity index (χ4v) is 3.51. The van der Waals surface area contributed by atoms with Crippen LogP contribution < -0.4 is 10.5 Å². The van der Waals surface area contributed by atoms with E-state index in [9.17, 15) is 4.39 Å². The van der Waals surface area contributed by atoms with Crippen molar-refractivity contribution in [2.45, 2.75) is 58.6 Å². The Hall–Kier alpha value is -1.09. The lowest BCUT2D eigenvalue weighted by Gasteiger charge is -2.43. The molecule has 20 heavy (non-hydrogen) atoms. The van der Waals surface area contributed by atoms with E-state index in [1.54, 1.807) is 6.07 Å². The van der Waals surface area contributed by atoms with Crippen molar-refractivity contribution in [3.05, 3.63) is 29.6 Å². The van der Waals surface area contributed by atoms with E-state index in [0.717, 1.165) is 24.8 Å². The number of nitrogens with two attached hydrogens (primary N) is 1. The molecule has 3 heteroatoms. The van der Waals surface area contributed by atoms with E-state index in [4.69, 9.17) is 10.5 Å². The van der Waals surface area contributed by atoms with E-state index in [-0.39, 0.29) is 17.5 Å². The number of hydrogen-bond acceptors (Lipinski definition) is 2. The predicted octanol–water partition coefficient (Wildman–Crippen LogP) is 4.44. The fraction of sp³-hybridized carbons (Fsp3) is 0.647. The molecule has 2 rings (SSSR count). The zero-order valence-electron chi connectivity index (χ0n) is 12.9. The molecule has 0 unspecified atom stereocenters. The van der Waals surface area contributed by atoms with Gasteiger partial charge >= 0.3 is 0 Å². The van der Waals surface area contributed by atoms with Crippen molar-refractivity contribution in [2.24, 2.45) is 17.6 Å². The molecule has 0 aliphatic carbocycles. The molecule has 1 aliphatic heterocycles. The summed E-state index contributed by atoms with van der Waals surface area (Å²) in [5.74, 6) is 1.41. The van der Waals surface area contributed by atoms with Crippen molar-refractivity contribution in [1.29, 1.82) is 0 Å². The summed E-state index contributed by atoms with van der Waals surface area (Å²) in [5.41, 5.74) is 6.99. The normalized spacial score (nSPS) is 20.9. The van der Waals surface area contributed by atoms with Crippen molar-refractivity contribution in [3.8, 4) is 5.75 Å². The van der Waals surface area contributed by atoms with Crippen LogP contribution in [0, 0.1) is 17.7 Å². The Balaban J connectivity index is 2.36. The van der Waals surface area contributed by atoms with Crippen LogP contribution >= 0.6 is 0 Å². The first-order valence-corrected chi connectivity index (χ1v) is 7.55. The molecule has 0 saturated carbocycles. The van der Waals surface area contributed by atoms with Crippen LogP contribution in [-0.2, 0) is 0 Å². The molecule has 0 bridgehead atoms. The zero-order chi connectivity index (χ0) is 14.9. The number of benzene rings is 1. The Kier molecular flexibility index (Phi) is 4.38. The van der Waals surface area contributed by atoms with Gasteiger partial charge in [0.1, 0.15) is 17.2 Å². The van der Waals surface area contributed by atoms with Gasteiger partial charge in [-0.15, -0.1) is 0 Å². The lowest BCUT2D eigenvalue weighted by atomic mass is 9.77. The highest BCUT2D eigenvalue weighted by Crippen LogP contribution is 2.44. The molecule has 0 spiro atoms. The molecule has 1 aromatic rings. The number of halogens is 1. The quantitative estimate of drug-likeness (QED) is 0.884. The largest absolute Gasteiger partial charge is 0.487 e. The van der Waals surface area contributed by atoms with Gasteiger partial charge in [0.05, 0.1) is 0 Å². The summed E-state index contributed by atoms with van der Waals surface area (Å²) >= 11 is 0. The maximum Gasteiger partial charge on any atom is 0.127 e. The van der Waals surface area contributed by atoms with Gasteiger partial charge in [-0.1, -0.05) is 33.8 Å². The monoisotopic (exact) mass is 279 g/mol. The lowest BCUT2D eigenvalue weighted by Crippen LogP contribution is -2.45. The highest BCUT2D eigenvalue weighted by molar-refractivity contribution is 5.39. The summed E-state index contributed by atoms with van der Waals surface area (Å²) in [6, 6.07) is 4.62. The summed E-state index contributed by atoms with van der Waals surface area (Å²) in [5, 5.41) is 0. The van der Waals surface area contributed by atoms with Gasteiger partial charge in [0, 0.05) is 24.1 Å². The standard InChI is InChI=1S/C17H26FNO/c1-11(2)8-17(9-12(3)4)10-15(19)14-6-5-13(18)7-16(14)20-17/h5-7,11-12,15H,8-10,19H2,1-4H3/t15-/m0/s1. The van der Waals surface area contributed by atoms with Crippen LogP contribution in [0.2, 0.25) is 0 Å². The molecular formula is C17H26FNO. The molecule has 0 fully saturated rings. The van der Waals surface area contributed by atoms with Crippen molar-refractivity contribution < 1.29 is 9.13 Å². The molecule has 0 amide bonds. The Labute approximate surface area is 121 Å². The van der Waals surface area contributed by atoms with Gasteiger partial charge in [-0.25, -0.2) is 4.39 Å². The Bertz CT molecular complexity index is 460. The van der Waals surface area contributed by atoms with Gasteiger partial charge < -0.3 is 10.5 Å². The predicted molar refractivity (Wildman–Crippen MR) is 80.2 cm³/mol. The van der Waals surface area contributed by atoms with Gasteiger partial charge in [0.2, 0.25) is 0 Å². The third kappa shape index (κ3) is 3.32. The second kappa shape index (κ2) is 5.72. The van der Waals surface area contributed by atoms with E-state index in [0.29, 0.717) is 17.6 Å². The van der Waals surface area contributed by atoms with Gasteiger partial charge in [0.25, 0.3) is 0 Å². The molecule has 112 valence electrons. The number of fused-ring (bicyclic) bond motifs is 1. The minimum absolute atomic E-state index is 0.0724. The highest BCUT2D eigenvalue weighted by atomic mass is 19.1. The van der Waals surface area contributed by atoms with Gasteiger partial charge in [-0.2, -0.15) is 0 Å². The highest BCUT2D eigenvalue weighted by Gasteiger charge is 2.40. The number of hydrogen-bond donors (Lipinski definition) is 1. The first kappa shape index (κ1) is 15.3. The molecule has 2 nitrogen and oxygen atoms in total. The first-order chi connectivity index (χ1) is 9.31. The molecule has 1 heterocycles. The summed E-state index contributed by atoms with van der Waals surface area (Å²) in [4.78, 5) is 0. The summed E-state index contributed by atoms with van der Waals surface area (Å²) in [7, 11) is 0. The topological polar surface area (TPSA) is 35.2 Å². The first-order valence-electron chi connectivity index (χ1n) is 7.55. The second-order valence-corrected chi connectivity index (χ2v) is 6.97. The van der Waals surface area contributed by atoms with Crippen LogP contribution in [0.5, 0.6) is 5.75 Å². The van der Waals surface area contributed by atoms with Crippen LogP contribution in [-0.4, -0.2) is 5.60 Å². The van der Waals surface area contributed by atoms with Crippen molar-refractivity contribution in [1.82, 2.24) is 0 Å². The molecule has 0 radical (unpaired) electrons. The van der Waals surface area contributed by atoms with Crippen LogP contribution in [0.1, 0.15) is 58.6 Å². The summed E-state index contributed by atoms with van der Waals surface area (Å²) in [6.07, 6.45) is 2.71. The SMILES string of the molecule is CC(C)CC1(CC(C)C)C[C@H](N)c2ccc(F)cc2O1. The number of rotatable bonds is 4. The Morgan fingerprint density at radius 3 is 2.40 bits per heavy atom. The molecular weight excluding hydrogens is 253 g/mol. The zero-order valence-corrected chi connectivity index (χ0v) is 12.9. The minimum atomic E-state index is -0.263. The molecule has 1 atom stereocenters. The van der Waals surface area contributed by atoms with Crippen molar-refractivity contribution in [2.75, 3.05) is 0 Å². The van der Waals surface area contributed by atoms with Gasteiger partial charge in [-0.3, -0.25) is 0 Å². The lowest BCUT2D eigenvalue weighted by molar-refractivity contribution is -0.00188. The van der Waals surface area contributed by atoms with E-state index in [1.807, 2.05) is 0 Å². The van der Waals surface area contributed by atoms with Crippen LogP contribution in [0.15, 0.2) is 18.2 Å². The van der Waals surface area contributed by atoms with Crippen LogP contribution in [0.3, 0.4) is 0 Å². The van der Waals surface area contributed by atoms with Crippen molar-refractivity contribution in [3.63, 3.8) is 0 Å². The van der Waals surface area contributed by atoms with E-state index >= 15 is 0 Å². The van der Waals surface area contributed by atoms with E-state index < -0.39 is 0 Å². The fourth-order valence-electron chi connectivity index (χ4n) is 3.51. The van der Waals surface area contributed by atoms with Gasteiger partial charge in [-0.05, 0) is 30.7 Å². The third-order valence-electron chi connectivity index (χ3n) is 3.85. The van der Waals surface area contributed by atoms with Crippen LogP contribution in [0.4, 0.5) is 4.39 Å². The minimum Gasteiger partial charge on any atom is -0.487 e. The third-order valence-corrected chi connectivity index (χ3v) is 3.85. The van der Waals surface area contributed by atoms with Crippen molar-refractivity contribution >= 4 is 0 Å². The van der Waals surface area contributed by atoms with Gasteiger partial charge in [0.15, 0.2) is 0 Å². The average molecular weight is 279 g/mol. The Morgan fingerprint density at radius 2 is 1.85 bits per heavy atom. The average Bonchev–Trinajstić information content (AvgIpc) is 2.25. The second-order valence-electron chi connectivity index (χ2n) is 6.97. The molecule has 2 N–H and O–H groups in total. The molecule has 0 aromatic heterocycles. The molecule has 0 saturated heterocycles. The maximum atomic E-state index is 13.5.